The van der Waals surface area contributed by atoms with Gasteiger partial charge in [0.15, 0.2) is 0 Å². The molecule has 1 aromatic carbocycles. The van der Waals surface area contributed by atoms with E-state index in [1.807, 2.05) is 25.1 Å². The van der Waals surface area contributed by atoms with Gasteiger partial charge in [-0.15, -0.1) is 0 Å². The van der Waals surface area contributed by atoms with Gasteiger partial charge in [-0.3, -0.25) is 4.79 Å². The van der Waals surface area contributed by atoms with Gasteiger partial charge in [0.25, 0.3) is 0 Å². The number of ether oxygens (including phenoxy) is 1. The lowest BCUT2D eigenvalue weighted by Crippen LogP contribution is -2.34. The molecule has 4 heteroatoms. The first-order valence-electron chi connectivity index (χ1n) is 9.34. The lowest BCUT2D eigenvalue weighted by molar-refractivity contribution is -0.117. The van der Waals surface area contributed by atoms with Crippen molar-refractivity contribution >= 4 is 11.6 Å². The quantitative estimate of drug-likeness (QED) is 0.704. The topological polar surface area (TPSA) is 50.4 Å². The van der Waals surface area contributed by atoms with E-state index in [1.165, 1.54) is 12.8 Å². The third-order valence-electron chi connectivity index (χ3n) is 4.89. The van der Waals surface area contributed by atoms with Crippen LogP contribution in [-0.2, 0) is 4.79 Å². The summed E-state index contributed by atoms with van der Waals surface area (Å²) < 4.78 is 5.71. The Morgan fingerprint density at radius 1 is 1.46 bits per heavy atom. The van der Waals surface area contributed by atoms with Crippen molar-refractivity contribution in [3.8, 4) is 5.75 Å². The van der Waals surface area contributed by atoms with Gasteiger partial charge in [0.05, 0.1) is 6.61 Å². The Labute approximate surface area is 146 Å². The molecular weight excluding hydrogens is 300 g/mol. The first kappa shape index (κ1) is 18.8. The SMILES string of the molecule is CCCCOc1ccc(NC(=O)CC(C)C2CCCNC2)c(C)c1. The molecule has 0 aliphatic carbocycles. The molecule has 0 spiro atoms. The molecule has 134 valence electrons. The highest BCUT2D eigenvalue weighted by Crippen LogP contribution is 2.25. The number of amides is 1. The molecule has 0 saturated carbocycles. The van der Waals surface area contributed by atoms with Crippen LogP contribution >= 0.6 is 0 Å². The fourth-order valence-electron chi connectivity index (χ4n) is 3.23. The average molecular weight is 332 g/mol. The minimum Gasteiger partial charge on any atom is -0.494 e. The van der Waals surface area contributed by atoms with Gasteiger partial charge in [-0.1, -0.05) is 20.3 Å². The monoisotopic (exact) mass is 332 g/mol. The normalized spacial score (nSPS) is 18.9. The molecule has 1 amide bonds. The molecule has 24 heavy (non-hydrogen) atoms. The van der Waals surface area contributed by atoms with Crippen LogP contribution in [0.4, 0.5) is 5.69 Å². The van der Waals surface area contributed by atoms with E-state index in [1.54, 1.807) is 0 Å². The molecule has 1 saturated heterocycles. The van der Waals surface area contributed by atoms with E-state index in [0.717, 1.165) is 49.5 Å². The molecule has 0 aromatic heterocycles. The van der Waals surface area contributed by atoms with E-state index >= 15 is 0 Å². The lowest BCUT2D eigenvalue weighted by Gasteiger charge is -2.28. The average Bonchev–Trinajstić information content (AvgIpc) is 2.58. The van der Waals surface area contributed by atoms with Crippen molar-refractivity contribution in [2.24, 2.45) is 11.8 Å². The van der Waals surface area contributed by atoms with E-state index in [2.05, 4.69) is 24.5 Å². The van der Waals surface area contributed by atoms with E-state index < -0.39 is 0 Å². The summed E-state index contributed by atoms with van der Waals surface area (Å²) in [5.74, 6) is 2.01. The molecular formula is C20H32N2O2. The van der Waals surface area contributed by atoms with Crippen LogP contribution in [0.5, 0.6) is 5.75 Å². The van der Waals surface area contributed by atoms with Crippen LogP contribution in [0.2, 0.25) is 0 Å². The van der Waals surface area contributed by atoms with Gasteiger partial charge in [0.2, 0.25) is 5.91 Å². The van der Waals surface area contributed by atoms with Crippen molar-refractivity contribution in [2.45, 2.75) is 52.9 Å². The zero-order valence-electron chi connectivity index (χ0n) is 15.4. The summed E-state index contributed by atoms with van der Waals surface area (Å²) in [7, 11) is 0. The second kappa shape index (κ2) is 9.67. The Balaban J connectivity index is 1.84. The molecule has 1 fully saturated rings. The number of rotatable bonds is 8. The van der Waals surface area contributed by atoms with Gasteiger partial charge in [-0.25, -0.2) is 0 Å². The van der Waals surface area contributed by atoms with Crippen molar-refractivity contribution in [1.82, 2.24) is 5.32 Å². The van der Waals surface area contributed by atoms with Gasteiger partial charge in [0, 0.05) is 12.1 Å². The third kappa shape index (κ3) is 5.82. The predicted molar refractivity (Wildman–Crippen MR) is 99.6 cm³/mol. The molecule has 1 aromatic rings. The number of benzene rings is 1. The maximum Gasteiger partial charge on any atom is 0.224 e. The minimum absolute atomic E-state index is 0.107. The molecule has 1 aliphatic heterocycles. The molecule has 1 heterocycles. The molecule has 2 rings (SSSR count). The number of carbonyl (C=O) groups excluding carboxylic acids is 1. The van der Waals surface area contributed by atoms with Crippen LogP contribution in [0, 0.1) is 18.8 Å². The highest BCUT2D eigenvalue weighted by atomic mass is 16.5. The molecule has 4 nitrogen and oxygen atoms in total. The highest BCUT2D eigenvalue weighted by molar-refractivity contribution is 5.91. The van der Waals surface area contributed by atoms with Crippen molar-refractivity contribution in [1.29, 1.82) is 0 Å². The highest BCUT2D eigenvalue weighted by Gasteiger charge is 2.22. The van der Waals surface area contributed by atoms with Crippen LogP contribution in [0.25, 0.3) is 0 Å². The van der Waals surface area contributed by atoms with Crippen molar-refractivity contribution in [2.75, 3.05) is 25.0 Å². The minimum atomic E-state index is 0.107. The number of piperidine rings is 1. The summed E-state index contributed by atoms with van der Waals surface area (Å²) in [6, 6.07) is 5.88. The summed E-state index contributed by atoms with van der Waals surface area (Å²) in [6.07, 6.45) is 5.22. The third-order valence-corrected chi connectivity index (χ3v) is 4.89. The fraction of sp³-hybridized carbons (Fsp3) is 0.650. The Morgan fingerprint density at radius 3 is 2.96 bits per heavy atom. The smallest absolute Gasteiger partial charge is 0.224 e. The van der Waals surface area contributed by atoms with Gasteiger partial charge in [-0.2, -0.15) is 0 Å². The molecule has 2 N–H and O–H groups in total. The lowest BCUT2D eigenvalue weighted by atomic mass is 9.85. The first-order valence-corrected chi connectivity index (χ1v) is 9.34. The molecule has 0 bridgehead atoms. The van der Waals surface area contributed by atoms with Gasteiger partial charge in [-0.05, 0) is 74.9 Å². The van der Waals surface area contributed by atoms with Crippen LogP contribution < -0.4 is 15.4 Å². The van der Waals surface area contributed by atoms with Crippen LogP contribution in [-0.4, -0.2) is 25.6 Å². The molecule has 1 aliphatic rings. The number of aryl methyl sites for hydroxylation is 1. The Hall–Kier alpha value is -1.55. The number of unbranched alkanes of at least 4 members (excludes halogenated alkanes) is 1. The van der Waals surface area contributed by atoms with E-state index in [-0.39, 0.29) is 5.91 Å². The van der Waals surface area contributed by atoms with Gasteiger partial charge < -0.3 is 15.4 Å². The number of hydrogen-bond acceptors (Lipinski definition) is 3. The second-order valence-electron chi connectivity index (χ2n) is 7.01. The summed E-state index contributed by atoms with van der Waals surface area (Å²) in [5.41, 5.74) is 1.93. The zero-order valence-corrected chi connectivity index (χ0v) is 15.4. The Morgan fingerprint density at radius 2 is 2.29 bits per heavy atom. The molecule has 0 radical (unpaired) electrons. The Kier molecular flexibility index (Phi) is 7.57. The van der Waals surface area contributed by atoms with E-state index in [0.29, 0.717) is 18.3 Å². The summed E-state index contributed by atoms with van der Waals surface area (Å²) in [4.78, 5) is 12.4. The van der Waals surface area contributed by atoms with E-state index in [4.69, 9.17) is 4.74 Å². The van der Waals surface area contributed by atoms with Crippen LogP contribution in [0.15, 0.2) is 18.2 Å². The van der Waals surface area contributed by atoms with Crippen molar-refractivity contribution in [3.05, 3.63) is 23.8 Å². The van der Waals surface area contributed by atoms with E-state index in [9.17, 15) is 4.79 Å². The fourth-order valence-corrected chi connectivity index (χ4v) is 3.23. The first-order chi connectivity index (χ1) is 11.6. The number of anilines is 1. The van der Waals surface area contributed by atoms with Crippen molar-refractivity contribution in [3.63, 3.8) is 0 Å². The second-order valence-corrected chi connectivity index (χ2v) is 7.01. The molecule has 2 unspecified atom stereocenters. The number of nitrogens with one attached hydrogen (secondary N) is 2. The van der Waals surface area contributed by atoms with Gasteiger partial charge in [0.1, 0.15) is 5.75 Å². The predicted octanol–water partition coefficient (Wildman–Crippen LogP) is 4.14. The van der Waals surface area contributed by atoms with Crippen LogP contribution in [0.3, 0.4) is 0 Å². The standard InChI is InChI=1S/C20H32N2O2/c1-4-5-11-24-18-8-9-19(16(3)12-18)22-20(23)13-15(2)17-7-6-10-21-14-17/h8-9,12,15,17,21H,4-7,10-11,13-14H2,1-3H3,(H,22,23). The maximum absolute atomic E-state index is 12.4. The molecule has 2 atom stereocenters. The van der Waals surface area contributed by atoms with Gasteiger partial charge >= 0.3 is 0 Å². The zero-order chi connectivity index (χ0) is 17.4. The summed E-state index contributed by atoms with van der Waals surface area (Å²) >= 11 is 0. The number of carbonyl (C=O) groups is 1. The summed E-state index contributed by atoms with van der Waals surface area (Å²) in [6.45, 7) is 9.25. The van der Waals surface area contributed by atoms with Crippen LogP contribution in [0.1, 0.15) is 51.5 Å². The summed E-state index contributed by atoms with van der Waals surface area (Å²) in [5, 5.41) is 6.49. The Bertz CT molecular complexity index is 524. The number of hydrogen-bond donors (Lipinski definition) is 2. The maximum atomic E-state index is 12.4. The largest absolute Gasteiger partial charge is 0.494 e. The van der Waals surface area contributed by atoms with Crippen molar-refractivity contribution < 1.29 is 9.53 Å².